The average Bonchev–Trinajstić information content (AvgIpc) is 3.26. The number of nitrogens with zero attached hydrogens (tertiary/aromatic N) is 5. The number of hydrogen-bond acceptors (Lipinski definition) is 6. The quantitative estimate of drug-likeness (QED) is 0.686. The second-order valence-corrected chi connectivity index (χ2v) is 7.46. The molecule has 4 heterocycles. The van der Waals surface area contributed by atoms with Gasteiger partial charge in [0.05, 0.1) is 18.4 Å². The first-order chi connectivity index (χ1) is 13.6. The summed E-state index contributed by atoms with van der Waals surface area (Å²) in [6.45, 7) is 5.77. The molecule has 3 aliphatic rings. The number of aromatic nitrogens is 2. The number of hydrazine groups is 1. The highest BCUT2D eigenvalue weighted by atomic mass is 16.5. The fourth-order valence-electron chi connectivity index (χ4n) is 4.31. The predicted octanol–water partition coefficient (Wildman–Crippen LogP) is -0.424. The Bertz CT molecular complexity index is 751. The summed E-state index contributed by atoms with van der Waals surface area (Å²) in [5.74, 6) is 0.749. The topological polar surface area (TPSA) is 100 Å². The summed E-state index contributed by atoms with van der Waals surface area (Å²) in [5, 5.41) is 6.44. The Morgan fingerprint density at radius 1 is 1.29 bits per heavy atom. The molecule has 0 spiro atoms. The number of nitrogens with one attached hydrogen (secondary N) is 1. The Hall–Kier alpha value is -2.46. The van der Waals surface area contributed by atoms with E-state index in [0.29, 0.717) is 58.2 Å². The van der Waals surface area contributed by atoms with Crippen molar-refractivity contribution < 1.29 is 19.1 Å². The van der Waals surface area contributed by atoms with Crippen LogP contribution in [0.15, 0.2) is 6.20 Å². The summed E-state index contributed by atoms with van der Waals surface area (Å²) in [4.78, 5) is 42.7. The Balaban J connectivity index is 1.36. The number of piperazine rings is 1. The van der Waals surface area contributed by atoms with Crippen molar-refractivity contribution in [1.82, 2.24) is 29.8 Å². The highest BCUT2D eigenvalue weighted by Gasteiger charge is 2.37. The monoisotopic (exact) mass is 390 g/mol. The minimum atomic E-state index is -0.504. The van der Waals surface area contributed by atoms with Crippen molar-refractivity contribution >= 4 is 18.3 Å². The van der Waals surface area contributed by atoms with Gasteiger partial charge >= 0.3 is 6.03 Å². The maximum Gasteiger partial charge on any atom is 0.344 e. The van der Waals surface area contributed by atoms with Crippen LogP contribution in [0.5, 0.6) is 0 Å². The van der Waals surface area contributed by atoms with Gasteiger partial charge in [0.15, 0.2) is 0 Å². The number of fused-ring (bicyclic) bond motifs is 1. The second-order valence-electron chi connectivity index (χ2n) is 7.46. The molecule has 0 aliphatic carbocycles. The Labute approximate surface area is 163 Å². The molecule has 1 N–H and O–H groups in total. The van der Waals surface area contributed by atoms with E-state index in [2.05, 4.69) is 10.3 Å². The predicted molar refractivity (Wildman–Crippen MR) is 98.0 cm³/mol. The maximum absolute atomic E-state index is 13.0. The third-order valence-electron chi connectivity index (χ3n) is 5.90. The fraction of sp³-hybridized carbons (Fsp3) is 0.667. The van der Waals surface area contributed by atoms with Crippen LogP contribution in [-0.4, -0.2) is 88.3 Å². The van der Waals surface area contributed by atoms with Gasteiger partial charge < -0.3 is 15.0 Å². The zero-order valence-corrected chi connectivity index (χ0v) is 16.0. The van der Waals surface area contributed by atoms with E-state index >= 15 is 0 Å². The third-order valence-corrected chi connectivity index (χ3v) is 5.90. The molecule has 152 valence electrons. The number of ether oxygens (including phenoxy) is 1. The molecule has 1 atom stereocenters. The maximum atomic E-state index is 13.0. The molecular weight excluding hydrogens is 364 g/mol. The molecule has 0 aromatic carbocycles. The standard InChI is InChI=1S/C18H26N6O4/c1-13-19-10-15-11-23(18(27)24(13)15)22-6-4-21(5-7-22)17(26)16(20-12-25)14-2-8-28-9-3-14/h10,12,14,16H,2-9,11H2,1H3,(H,20,25). The van der Waals surface area contributed by atoms with Gasteiger partial charge in [-0.05, 0) is 25.7 Å². The van der Waals surface area contributed by atoms with Gasteiger partial charge in [0.1, 0.15) is 11.9 Å². The molecule has 3 amide bonds. The number of aryl methyl sites for hydroxylation is 1. The molecule has 28 heavy (non-hydrogen) atoms. The van der Waals surface area contributed by atoms with Crippen LogP contribution in [0.25, 0.3) is 0 Å². The van der Waals surface area contributed by atoms with Crippen molar-refractivity contribution in [3.05, 3.63) is 17.7 Å². The van der Waals surface area contributed by atoms with Crippen LogP contribution in [0, 0.1) is 12.8 Å². The van der Waals surface area contributed by atoms with E-state index in [1.807, 2.05) is 11.9 Å². The minimum Gasteiger partial charge on any atom is -0.381 e. The zero-order chi connectivity index (χ0) is 19.7. The van der Waals surface area contributed by atoms with Gasteiger partial charge in [0, 0.05) is 39.4 Å². The summed E-state index contributed by atoms with van der Waals surface area (Å²) < 4.78 is 7.00. The first kappa shape index (κ1) is 18.9. The van der Waals surface area contributed by atoms with Crippen molar-refractivity contribution in [2.24, 2.45) is 5.92 Å². The van der Waals surface area contributed by atoms with Crippen LogP contribution in [0.3, 0.4) is 0 Å². The van der Waals surface area contributed by atoms with E-state index in [1.165, 1.54) is 0 Å². The molecule has 2 fully saturated rings. The van der Waals surface area contributed by atoms with Gasteiger partial charge in [0.2, 0.25) is 12.3 Å². The van der Waals surface area contributed by atoms with E-state index in [1.54, 1.807) is 20.7 Å². The molecule has 0 bridgehead atoms. The highest BCUT2D eigenvalue weighted by Crippen LogP contribution is 2.23. The smallest absolute Gasteiger partial charge is 0.344 e. The Morgan fingerprint density at radius 3 is 2.64 bits per heavy atom. The fourth-order valence-corrected chi connectivity index (χ4v) is 4.31. The number of carbonyl (C=O) groups excluding carboxylic acids is 3. The molecule has 1 unspecified atom stereocenters. The molecule has 4 rings (SSSR count). The summed E-state index contributed by atoms with van der Waals surface area (Å²) in [7, 11) is 0. The SMILES string of the molecule is Cc1ncc2n1C(=O)N(N1CCN(C(=O)C(NC=O)C3CCOCC3)CC1)C2. The van der Waals surface area contributed by atoms with Crippen molar-refractivity contribution in [1.29, 1.82) is 0 Å². The van der Waals surface area contributed by atoms with Crippen LogP contribution in [-0.2, 0) is 20.9 Å². The number of amides is 3. The lowest BCUT2D eigenvalue weighted by atomic mass is 9.90. The normalized spacial score (nSPS) is 22.2. The lowest BCUT2D eigenvalue weighted by Crippen LogP contribution is -2.59. The highest BCUT2D eigenvalue weighted by molar-refractivity contribution is 5.84. The largest absolute Gasteiger partial charge is 0.381 e. The number of carbonyl (C=O) groups is 3. The van der Waals surface area contributed by atoms with Gasteiger partial charge in [-0.25, -0.2) is 19.4 Å². The summed E-state index contributed by atoms with van der Waals surface area (Å²) in [5.41, 5.74) is 0.885. The molecule has 1 aromatic heterocycles. The van der Waals surface area contributed by atoms with Gasteiger partial charge in [-0.3, -0.25) is 14.6 Å². The Kier molecular flexibility index (Phi) is 5.31. The lowest BCUT2D eigenvalue weighted by Gasteiger charge is -2.41. The third kappa shape index (κ3) is 3.37. The van der Waals surface area contributed by atoms with Gasteiger partial charge in [0.25, 0.3) is 0 Å². The van der Waals surface area contributed by atoms with Crippen molar-refractivity contribution in [3.63, 3.8) is 0 Å². The number of imidazole rings is 1. The lowest BCUT2D eigenvalue weighted by molar-refractivity contribution is -0.141. The van der Waals surface area contributed by atoms with Crippen molar-refractivity contribution in [2.45, 2.75) is 32.4 Å². The van der Waals surface area contributed by atoms with E-state index in [9.17, 15) is 14.4 Å². The van der Waals surface area contributed by atoms with Crippen molar-refractivity contribution in [3.8, 4) is 0 Å². The molecular formula is C18H26N6O4. The molecule has 0 saturated carbocycles. The molecule has 0 radical (unpaired) electrons. The average molecular weight is 390 g/mol. The van der Waals surface area contributed by atoms with E-state index in [0.717, 1.165) is 18.5 Å². The minimum absolute atomic E-state index is 0.0438. The number of hydrogen-bond donors (Lipinski definition) is 1. The first-order valence-corrected chi connectivity index (χ1v) is 9.76. The molecule has 3 aliphatic heterocycles. The summed E-state index contributed by atoms with van der Waals surface area (Å²) in [6, 6.07) is -0.594. The van der Waals surface area contributed by atoms with E-state index in [-0.39, 0.29) is 17.9 Å². The number of rotatable bonds is 5. The van der Waals surface area contributed by atoms with Crippen LogP contribution in [0.4, 0.5) is 4.79 Å². The van der Waals surface area contributed by atoms with Gasteiger partial charge in [-0.15, -0.1) is 0 Å². The van der Waals surface area contributed by atoms with Crippen LogP contribution in [0.2, 0.25) is 0 Å². The van der Waals surface area contributed by atoms with Gasteiger partial charge in [-0.2, -0.15) is 0 Å². The zero-order valence-electron chi connectivity index (χ0n) is 16.0. The van der Waals surface area contributed by atoms with E-state index in [4.69, 9.17) is 4.74 Å². The van der Waals surface area contributed by atoms with Crippen LogP contribution >= 0.6 is 0 Å². The van der Waals surface area contributed by atoms with Crippen LogP contribution < -0.4 is 5.32 Å². The molecule has 10 heteroatoms. The summed E-state index contributed by atoms with van der Waals surface area (Å²) in [6.07, 6.45) is 3.88. The molecule has 1 aromatic rings. The van der Waals surface area contributed by atoms with E-state index < -0.39 is 6.04 Å². The molecule has 2 saturated heterocycles. The second kappa shape index (κ2) is 7.88. The van der Waals surface area contributed by atoms with Gasteiger partial charge in [-0.1, -0.05) is 0 Å². The van der Waals surface area contributed by atoms with Crippen LogP contribution in [0.1, 0.15) is 24.4 Å². The first-order valence-electron chi connectivity index (χ1n) is 9.76. The molecule has 10 nitrogen and oxygen atoms in total. The van der Waals surface area contributed by atoms with Crippen molar-refractivity contribution in [2.75, 3.05) is 39.4 Å². The Morgan fingerprint density at radius 2 is 2.00 bits per heavy atom. The summed E-state index contributed by atoms with van der Waals surface area (Å²) >= 11 is 0.